The average Bonchev–Trinajstić information content (AvgIpc) is 2.28. The molecule has 0 aromatic heterocycles. The Labute approximate surface area is 116 Å². The van der Waals surface area contributed by atoms with E-state index in [9.17, 15) is 14.0 Å². The van der Waals surface area contributed by atoms with E-state index in [-0.39, 0.29) is 55.6 Å². The van der Waals surface area contributed by atoms with Crippen molar-refractivity contribution in [1.29, 1.82) is 0 Å². The van der Waals surface area contributed by atoms with Crippen LogP contribution in [-0.2, 0) is 9.59 Å². The Morgan fingerprint density at radius 2 is 2.00 bits per heavy atom. The first kappa shape index (κ1) is 22.1. The second-order valence-corrected chi connectivity index (χ2v) is 3.13. The van der Waals surface area contributed by atoms with Crippen LogP contribution in [0.5, 0.6) is 0 Å². The molecule has 0 aliphatic rings. The third-order valence-corrected chi connectivity index (χ3v) is 1.83. The molecule has 0 rings (SSSR count). The van der Waals surface area contributed by atoms with E-state index < -0.39 is 18.7 Å². The third-order valence-electron chi connectivity index (χ3n) is 1.83. The number of carbonyl (C=O) groups is 1. The number of nitrogens with zero attached hydrogens (tertiary/aromatic N) is 1. The number of alkyl halides is 1. The number of halogens is 3. The summed E-state index contributed by atoms with van der Waals surface area (Å²) in [4.78, 5) is 24.4. The summed E-state index contributed by atoms with van der Waals surface area (Å²) in [5.74, 6) is 0.255. The van der Waals surface area contributed by atoms with Crippen molar-refractivity contribution in [2.45, 2.75) is 18.9 Å². The Morgan fingerprint density at radius 3 is 2.39 bits per heavy atom. The van der Waals surface area contributed by atoms with Gasteiger partial charge in [0, 0.05) is 5.57 Å². The maximum atomic E-state index is 11.9. The molecule has 0 aliphatic carbocycles. The monoisotopic (exact) mass is 303 g/mol. The molecular weight excluding hydrogens is 288 g/mol. The molecule has 106 valence electrons. The summed E-state index contributed by atoms with van der Waals surface area (Å²) >= 11 is 0. The van der Waals surface area contributed by atoms with Crippen LogP contribution in [0.1, 0.15) is 12.8 Å². The Morgan fingerprint density at radius 1 is 1.44 bits per heavy atom. The summed E-state index contributed by atoms with van der Waals surface area (Å²) < 4.78 is 11.9. The van der Waals surface area contributed by atoms with Gasteiger partial charge in [-0.25, -0.2) is 9.18 Å². The fourth-order valence-electron chi connectivity index (χ4n) is 0.855. The van der Waals surface area contributed by atoms with Gasteiger partial charge in [0.15, 0.2) is 0 Å². The number of carboxylic acids is 1. The number of carbonyl (C=O) groups excluding carboxylic acids is 1. The van der Waals surface area contributed by atoms with Crippen LogP contribution in [0.4, 0.5) is 4.39 Å². The first-order chi connectivity index (χ1) is 7.51. The number of aliphatic carboxylic acids is 1. The minimum Gasteiger partial charge on any atom is -0.480 e. The van der Waals surface area contributed by atoms with Crippen LogP contribution >= 0.6 is 24.8 Å². The van der Waals surface area contributed by atoms with E-state index in [4.69, 9.17) is 16.6 Å². The number of hydrogen-bond acceptors (Lipinski definition) is 4. The maximum absolute atomic E-state index is 11.9. The van der Waals surface area contributed by atoms with Crippen LogP contribution in [0, 0.1) is 0 Å². The van der Waals surface area contributed by atoms with Crippen molar-refractivity contribution in [2.24, 2.45) is 16.5 Å². The highest BCUT2D eigenvalue weighted by atomic mass is 35.5. The van der Waals surface area contributed by atoms with E-state index >= 15 is 0 Å². The number of carboxylic acid groups (broad SMARTS) is 1. The van der Waals surface area contributed by atoms with Gasteiger partial charge in [-0.1, -0.05) is 0 Å². The lowest BCUT2D eigenvalue weighted by atomic mass is 10.1. The van der Waals surface area contributed by atoms with E-state index in [0.717, 1.165) is 0 Å². The van der Waals surface area contributed by atoms with Crippen LogP contribution in [0.2, 0.25) is 0 Å². The number of aliphatic imine (C=N–C) groups is 1. The van der Waals surface area contributed by atoms with Crippen molar-refractivity contribution in [1.82, 2.24) is 0 Å². The molecule has 0 heterocycles. The van der Waals surface area contributed by atoms with E-state index in [0.29, 0.717) is 0 Å². The number of amidine groups is 1. The topological polar surface area (TPSA) is 119 Å². The van der Waals surface area contributed by atoms with E-state index in [1.165, 1.54) is 0 Å². The van der Waals surface area contributed by atoms with Gasteiger partial charge in [0.25, 0.3) is 0 Å². The SMILES string of the molecule is Cl.Cl.NC(CF)=NCC(=C=O)CCC(N)C(=O)O. The van der Waals surface area contributed by atoms with E-state index in [1.54, 1.807) is 5.94 Å². The molecule has 5 N–H and O–H groups in total. The molecule has 1 unspecified atom stereocenters. The van der Waals surface area contributed by atoms with Crippen molar-refractivity contribution in [2.75, 3.05) is 13.2 Å². The molecule has 0 saturated heterocycles. The highest BCUT2D eigenvalue weighted by Gasteiger charge is 2.12. The normalized spacial score (nSPS) is 11.6. The Kier molecular flexibility index (Phi) is 15.1. The lowest BCUT2D eigenvalue weighted by Gasteiger charge is -2.05. The molecule has 0 radical (unpaired) electrons. The Hall–Kier alpha value is -1.14. The van der Waals surface area contributed by atoms with Gasteiger partial charge in [-0.3, -0.25) is 9.79 Å². The molecule has 9 heteroatoms. The molecule has 0 spiro atoms. The zero-order valence-electron chi connectivity index (χ0n) is 9.47. The van der Waals surface area contributed by atoms with Crippen LogP contribution in [0.3, 0.4) is 0 Å². The standard InChI is InChI=1S/C9H14FN3O3.2ClH/c10-3-8(12)13-4-6(5-14)1-2-7(11)9(15)16;;/h7H,1-4,11H2,(H2,12,13)(H,15,16);2*1H. The van der Waals surface area contributed by atoms with Gasteiger partial charge >= 0.3 is 5.97 Å². The predicted octanol–water partition coefficient (Wildman–Crippen LogP) is 0.107. The summed E-state index contributed by atoms with van der Waals surface area (Å²) in [5, 5.41) is 8.49. The number of rotatable bonds is 7. The molecule has 0 bridgehead atoms. The third kappa shape index (κ3) is 10.0. The molecule has 0 saturated carbocycles. The summed E-state index contributed by atoms with van der Waals surface area (Å²) in [6, 6.07) is -1.04. The summed E-state index contributed by atoms with van der Waals surface area (Å²) in [6.07, 6.45) is 0.255. The molecule has 0 fully saturated rings. The van der Waals surface area contributed by atoms with E-state index in [1.807, 2.05) is 0 Å². The van der Waals surface area contributed by atoms with Gasteiger partial charge in [-0.15, -0.1) is 24.8 Å². The smallest absolute Gasteiger partial charge is 0.320 e. The van der Waals surface area contributed by atoms with Crippen LogP contribution in [0.15, 0.2) is 10.6 Å². The number of hydrogen-bond donors (Lipinski definition) is 3. The minimum absolute atomic E-state index is 0. The van der Waals surface area contributed by atoms with Crippen molar-refractivity contribution in [3.63, 3.8) is 0 Å². The van der Waals surface area contributed by atoms with Gasteiger partial charge < -0.3 is 16.6 Å². The zero-order valence-corrected chi connectivity index (χ0v) is 11.1. The summed E-state index contributed by atoms with van der Waals surface area (Å²) in [6.45, 7) is -0.966. The molecule has 18 heavy (non-hydrogen) atoms. The summed E-state index contributed by atoms with van der Waals surface area (Å²) in [5.41, 5.74) is 10.5. The van der Waals surface area contributed by atoms with E-state index in [2.05, 4.69) is 4.99 Å². The first-order valence-corrected chi connectivity index (χ1v) is 4.57. The second kappa shape index (κ2) is 12.3. The van der Waals surface area contributed by atoms with Crippen molar-refractivity contribution in [3.05, 3.63) is 5.57 Å². The first-order valence-electron chi connectivity index (χ1n) is 4.57. The molecule has 0 aromatic rings. The highest BCUT2D eigenvalue weighted by Crippen LogP contribution is 2.04. The fraction of sp³-hybridized carbons (Fsp3) is 0.556. The van der Waals surface area contributed by atoms with Gasteiger partial charge in [-0.2, -0.15) is 0 Å². The molecular formula is C9H16Cl2FN3O3. The lowest BCUT2D eigenvalue weighted by Crippen LogP contribution is -2.30. The average molecular weight is 304 g/mol. The maximum Gasteiger partial charge on any atom is 0.320 e. The molecule has 1 atom stereocenters. The van der Waals surface area contributed by atoms with Gasteiger partial charge in [-0.05, 0) is 12.8 Å². The lowest BCUT2D eigenvalue weighted by molar-refractivity contribution is -0.138. The van der Waals surface area contributed by atoms with Gasteiger partial charge in [0.05, 0.1) is 6.54 Å². The highest BCUT2D eigenvalue weighted by molar-refractivity contribution is 5.85. The van der Waals surface area contributed by atoms with Crippen LogP contribution in [0.25, 0.3) is 0 Å². The second-order valence-electron chi connectivity index (χ2n) is 3.13. The van der Waals surface area contributed by atoms with Gasteiger partial charge in [0.2, 0.25) is 0 Å². The molecule has 6 nitrogen and oxygen atoms in total. The molecule has 0 aromatic carbocycles. The predicted molar refractivity (Wildman–Crippen MR) is 71.0 cm³/mol. The molecule has 0 amide bonds. The largest absolute Gasteiger partial charge is 0.480 e. The number of nitrogens with two attached hydrogens (primary N) is 2. The zero-order chi connectivity index (χ0) is 12.6. The summed E-state index contributed by atoms with van der Waals surface area (Å²) in [7, 11) is 0. The quantitative estimate of drug-likeness (QED) is 0.350. The van der Waals surface area contributed by atoms with Gasteiger partial charge in [0.1, 0.15) is 24.5 Å². The van der Waals surface area contributed by atoms with Crippen molar-refractivity contribution in [3.8, 4) is 0 Å². The Bertz CT molecular complexity index is 333. The van der Waals surface area contributed by atoms with Crippen LogP contribution < -0.4 is 11.5 Å². The van der Waals surface area contributed by atoms with Crippen molar-refractivity contribution >= 4 is 42.6 Å². The minimum atomic E-state index is -1.14. The van der Waals surface area contributed by atoms with Crippen molar-refractivity contribution < 1.29 is 19.1 Å². The van der Waals surface area contributed by atoms with Crippen LogP contribution in [-0.4, -0.2) is 42.1 Å². The molecule has 0 aliphatic heterocycles. The fourth-order valence-corrected chi connectivity index (χ4v) is 0.855. The Balaban J connectivity index is -0.00000112.